The second-order valence-corrected chi connectivity index (χ2v) is 8.11. The van der Waals surface area contributed by atoms with Gasteiger partial charge in [-0.2, -0.15) is 0 Å². The van der Waals surface area contributed by atoms with Gasteiger partial charge in [0.05, 0.1) is 23.9 Å². The number of halogens is 1. The molecule has 0 aliphatic heterocycles. The van der Waals surface area contributed by atoms with Crippen LogP contribution < -0.4 is 10.9 Å². The van der Waals surface area contributed by atoms with Crippen molar-refractivity contribution in [3.05, 3.63) is 82.0 Å². The maximum Gasteiger partial charge on any atom is 0.338 e. The molecule has 1 N–H and O–H groups in total. The van der Waals surface area contributed by atoms with Crippen molar-refractivity contribution in [1.29, 1.82) is 0 Å². The topological polar surface area (TPSA) is 90.3 Å². The summed E-state index contributed by atoms with van der Waals surface area (Å²) in [5, 5.41) is 4.92. The first-order valence-corrected chi connectivity index (χ1v) is 11.1. The number of hydrogen-bond donors (Lipinski definition) is 1. The largest absolute Gasteiger partial charge is 0.462 e. The summed E-state index contributed by atoms with van der Waals surface area (Å²) in [5.74, 6) is -1.22. The molecule has 4 rings (SSSR count). The van der Waals surface area contributed by atoms with E-state index < -0.39 is 17.9 Å². The molecule has 0 saturated carbocycles. The van der Waals surface area contributed by atoms with Crippen LogP contribution in [0.1, 0.15) is 30.2 Å². The van der Waals surface area contributed by atoms with E-state index in [1.165, 1.54) is 34.4 Å². The minimum atomic E-state index is -0.847. The quantitative estimate of drug-likeness (QED) is 0.419. The number of carbonyl (C=O) groups is 2. The van der Waals surface area contributed by atoms with Gasteiger partial charge in [0.1, 0.15) is 16.7 Å². The van der Waals surface area contributed by atoms with Gasteiger partial charge in [-0.1, -0.05) is 12.1 Å². The van der Waals surface area contributed by atoms with Crippen LogP contribution in [0.2, 0.25) is 0 Å². The summed E-state index contributed by atoms with van der Waals surface area (Å²) >= 11 is 1.31. The third kappa shape index (κ3) is 4.54. The summed E-state index contributed by atoms with van der Waals surface area (Å²) in [4.78, 5) is 42.7. The third-order valence-corrected chi connectivity index (χ3v) is 6.02. The number of esters is 1. The van der Waals surface area contributed by atoms with E-state index in [2.05, 4.69) is 10.3 Å². The fraction of sp³-hybridized carbons (Fsp3) is 0.167. The van der Waals surface area contributed by atoms with Crippen LogP contribution in [0, 0.1) is 5.82 Å². The van der Waals surface area contributed by atoms with Crippen LogP contribution in [0.15, 0.2) is 65.0 Å². The number of hydrogen-bond acceptors (Lipinski definition) is 6. The summed E-state index contributed by atoms with van der Waals surface area (Å²) in [5.41, 5.74) is 1.83. The van der Waals surface area contributed by atoms with Gasteiger partial charge in [-0.15, -0.1) is 11.3 Å². The Labute approximate surface area is 192 Å². The third-order valence-electron chi connectivity index (χ3n) is 5.13. The molecule has 0 saturated heterocycles. The highest BCUT2D eigenvalue weighted by Gasteiger charge is 2.20. The maximum atomic E-state index is 13.3. The van der Waals surface area contributed by atoms with Gasteiger partial charge in [-0.3, -0.25) is 14.2 Å². The molecule has 168 valence electrons. The van der Waals surface area contributed by atoms with Crippen LogP contribution in [-0.2, 0) is 9.53 Å². The highest BCUT2D eigenvalue weighted by Crippen LogP contribution is 2.31. The van der Waals surface area contributed by atoms with E-state index in [9.17, 15) is 18.8 Å². The lowest BCUT2D eigenvalue weighted by atomic mass is 10.1. The second kappa shape index (κ2) is 9.33. The molecule has 9 heteroatoms. The SMILES string of the molecule is CCOC(=O)c1ccc(NC(=O)C(C)n2cnc3scc(-c4ccc(F)cc4)c3c2=O)cc1. The van der Waals surface area contributed by atoms with Crippen molar-refractivity contribution in [3.8, 4) is 11.1 Å². The molecule has 0 aliphatic rings. The Hall–Kier alpha value is -3.85. The summed E-state index contributed by atoms with van der Waals surface area (Å²) in [6.45, 7) is 3.59. The van der Waals surface area contributed by atoms with Crippen LogP contribution in [-0.4, -0.2) is 28.0 Å². The zero-order chi connectivity index (χ0) is 23.5. The fourth-order valence-corrected chi connectivity index (χ4v) is 4.25. The van der Waals surface area contributed by atoms with Crippen molar-refractivity contribution in [2.75, 3.05) is 11.9 Å². The Morgan fingerprint density at radius 2 is 1.85 bits per heavy atom. The van der Waals surface area contributed by atoms with Gasteiger partial charge in [0, 0.05) is 16.6 Å². The number of rotatable bonds is 6. The summed E-state index contributed by atoms with van der Waals surface area (Å²) in [7, 11) is 0. The molecular formula is C24H20FN3O4S. The molecule has 1 atom stereocenters. The highest BCUT2D eigenvalue weighted by molar-refractivity contribution is 7.17. The van der Waals surface area contributed by atoms with E-state index in [4.69, 9.17) is 4.74 Å². The van der Waals surface area contributed by atoms with Gasteiger partial charge in [0.25, 0.3) is 5.56 Å². The van der Waals surface area contributed by atoms with Crippen molar-refractivity contribution in [2.45, 2.75) is 19.9 Å². The number of nitrogens with one attached hydrogen (secondary N) is 1. The van der Waals surface area contributed by atoms with Crippen molar-refractivity contribution in [3.63, 3.8) is 0 Å². The van der Waals surface area contributed by atoms with Crippen LogP contribution in [0.5, 0.6) is 0 Å². The number of anilines is 1. The number of amides is 1. The minimum absolute atomic E-state index is 0.273. The van der Waals surface area contributed by atoms with Crippen LogP contribution in [0.4, 0.5) is 10.1 Å². The monoisotopic (exact) mass is 465 g/mol. The number of ether oxygens (including phenoxy) is 1. The van der Waals surface area contributed by atoms with Gasteiger partial charge >= 0.3 is 5.97 Å². The predicted octanol–water partition coefficient (Wildman–Crippen LogP) is 4.64. The van der Waals surface area contributed by atoms with Gasteiger partial charge in [-0.05, 0) is 55.8 Å². The Balaban J connectivity index is 1.59. The molecule has 7 nitrogen and oxygen atoms in total. The molecule has 33 heavy (non-hydrogen) atoms. The lowest BCUT2D eigenvalue weighted by Crippen LogP contribution is -2.31. The molecule has 4 aromatic rings. The lowest BCUT2D eigenvalue weighted by Gasteiger charge is -2.15. The molecule has 2 aromatic carbocycles. The molecular weight excluding hydrogens is 445 g/mol. The van der Waals surface area contributed by atoms with E-state index in [0.29, 0.717) is 32.6 Å². The number of benzene rings is 2. The van der Waals surface area contributed by atoms with E-state index in [1.807, 2.05) is 0 Å². The highest BCUT2D eigenvalue weighted by atomic mass is 32.1. The number of thiophene rings is 1. The Bertz CT molecular complexity index is 1380. The molecule has 0 aliphatic carbocycles. The molecule has 0 bridgehead atoms. The van der Waals surface area contributed by atoms with Crippen molar-refractivity contribution in [2.24, 2.45) is 0 Å². The van der Waals surface area contributed by atoms with Crippen LogP contribution in [0.3, 0.4) is 0 Å². The van der Waals surface area contributed by atoms with Gasteiger partial charge in [-0.25, -0.2) is 14.2 Å². The standard InChI is InChI=1S/C24H20FN3O4S/c1-3-32-24(31)16-6-10-18(11-7-16)27-21(29)14(2)28-13-26-22-20(23(28)30)19(12-33-22)15-4-8-17(25)9-5-15/h4-14H,3H2,1-2H3,(H,27,29). The van der Waals surface area contributed by atoms with Crippen molar-refractivity contribution in [1.82, 2.24) is 9.55 Å². The van der Waals surface area contributed by atoms with Gasteiger partial charge in [0.2, 0.25) is 5.91 Å². The van der Waals surface area contributed by atoms with Gasteiger partial charge in [0.15, 0.2) is 0 Å². The number of nitrogens with zero attached hydrogens (tertiary/aromatic N) is 2. The first kappa shape index (κ1) is 22.3. The van der Waals surface area contributed by atoms with Gasteiger partial charge < -0.3 is 10.1 Å². The molecule has 2 heterocycles. The average Bonchev–Trinajstić information content (AvgIpc) is 3.25. The molecule has 2 aromatic heterocycles. The molecule has 0 fully saturated rings. The normalized spacial score (nSPS) is 11.8. The smallest absolute Gasteiger partial charge is 0.338 e. The van der Waals surface area contributed by atoms with E-state index in [1.54, 1.807) is 55.6 Å². The minimum Gasteiger partial charge on any atom is -0.462 e. The number of aromatic nitrogens is 2. The molecule has 0 spiro atoms. The maximum absolute atomic E-state index is 13.3. The average molecular weight is 466 g/mol. The molecule has 0 radical (unpaired) electrons. The van der Waals surface area contributed by atoms with E-state index >= 15 is 0 Å². The zero-order valence-electron chi connectivity index (χ0n) is 17.9. The first-order valence-electron chi connectivity index (χ1n) is 10.2. The second-order valence-electron chi connectivity index (χ2n) is 7.26. The Morgan fingerprint density at radius 3 is 2.52 bits per heavy atom. The lowest BCUT2D eigenvalue weighted by molar-refractivity contribution is -0.118. The number of fused-ring (bicyclic) bond motifs is 1. The van der Waals surface area contributed by atoms with Crippen molar-refractivity contribution >= 4 is 39.1 Å². The summed E-state index contributed by atoms with van der Waals surface area (Å²) in [6, 6.07) is 11.3. The molecule has 1 unspecified atom stereocenters. The summed E-state index contributed by atoms with van der Waals surface area (Å²) < 4.78 is 19.5. The van der Waals surface area contributed by atoms with Crippen molar-refractivity contribution < 1.29 is 18.7 Å². The first-order chi connectivity index (χ1) is 15.9. The zero-order valence-corrected chi connectivity index (χ0v) is 18.7. The molecule has 1 amide bonds. The predicted molar refractivity (Wildman–Crippen MR) is 125 cm³/mol. The fourth-order valence-electron chi connectivity index (χ4n) is 3.34. The van der Waals surface area contributed by atoms with E-state index in [-0.39, 0.29) is 18.0 Å². The Morgan fingerprint density at radius 1 is 1.15 bits per heavy atom. The number of carbonyl (C=O) groups excluding carboxylic acids is 2. The van der Waals surface area contributed by atoms with Crippen LogP contribution >= 0.6 is 11.3 Å². The van der Waals surface area contributed by atoms with E-state index in [0.717, 1.165) is 0 Å². The Kier molecular flexibility index (Phi) is 6.32. The van der Waals surface area contributed by atoms with Crippen LogP contribution in [0.25, 0.3) is 21.3 Å². The summed E-state index contributed by atoms with van der Waals surface area (Å²) in [6.07, 6.45) is 1.35.